The molecule has 0 aromatic carbocycles. The first-order valence-corrected chi connectivity index (χ1v) is 3.66. The lowest BCUT2D eigenvalue weighted by molar-refractivity contribution is 0.216. The first kappa shape index (κ1) is 9.96. The quantitative estimate of drug-likeness (QED) is 0.549. The topological polar surface area (TPSA) is 12.0 Å². The molecule has 1 spiro atoms. The van der Waals surface area contributed by atoms with Crippen LogP contribution < -0.4 is 5.32 Å². The van der Waals surface area contributed by atoms with Crippen LogP contribution in [0.15, 0.2) is 0 Å². The van der Waals surface area contributed by atoms with Crippen LogP contribution in [-0.4, -0.2) is 12.1 Å². The van der Waals surface area contributed by atoms with Gasteiger partial charge in [-0.15, -0.1) is 0 Å². The summed E-state index contributed by atoms with van der Waals surface area (Å²) in [6.07, 6.45) is 7.24. The van der Waals surface area contributed by atoms with Crippen LogP contribution in [0.5, 0.6) is 0 Å². The molecule has 0 aromatic rings. The average molecular weight is 143 g/mol. The largest absolute Gasteiger partial charge is 0.311 e. The second-order valence-electron chi connectivity index (χ2n) is 3.16. The van der Waals surface area contributed by atoms with Crippen LogP contribution >= 0.6 is 0 Å². The van der Waals surface area contributed by atoms with E-state index in [1.54, 1.807) is 0 Å². The SMILES string of the molecule is C.C.C1CNC2(C1)CCC2. The molecule has 0 amide bonds. The molecule has 2 aliphatic rings. The maximum atomic E-state index is 3.57. The van der Waals surface area contributed by atoms with Crippen molar-refractivity contribution in [1.82, 2.24) is 5.32 Å². The van der Waals surface area contributed by atoms with Crippen molar-refractivity contribution >= 4 is 0 Å². The predicted octanol–water partition coefficient (Wildman–Crippen LogP) is 2.56. The highest BCUT2D eigenvalue weighted by molar-refractivity contribution is 4.99. The van der Waals surface area contributed by atoms with Gasteiger partial charge in [0.2, 0.25) is 0 Å². The van der Waals surface area contributed by atoms with Gasteiger partial charge in [-0.2, -0.15) is 0 Å². The zero-order chi connectivity index (χ0) is 5.45. The van der Waals surface area contributed by atoms with Crippen LogP contribution in [0.3, 0.4) is 0 Å². The van der Waals surface area contributed by atoms with Gasteiger partial charge in [0, 0.05) is 5.54 Å². The molecule has 0 aromatic heterocycles. The van der Waals surface area contributed by atoms with Crippen LogP contribution in [0.4, 0.5) is 0 Å². The normalized spacial score (nSPS) is 26.4. The molecule has 10 heavy (non-hydrogen) atoms. The van der Waals surface area contributed by atoms with E-state index in [9.17, 15) is 0 Å². The van der Waals surface area contributed by atoms with Crippen molar-refractivity contribution in [2.45, 2.75) is 52.5 Å². The Morgan fingerprint density at radius 2 is 1.50 bits per heavy atom. The molecule has 1 nitrogen and oxygen atoms in total. The number of rotatable bonds is 0. The Kier molecular flexibility index (Phi) is 3.37. The van der Waals surface area contributed by atoms with Crippen LogP contribution in [0.25, 0.3) is 0 Å². The van der Waals surface area contributed by atoms with Gasteiger partial charge < -0.3 is 5.32 Å². The van der Waals surface area contributed by atoms with Gasteiger partial charge >= 0.3 is 0 Å². The second-order valence-corrected chi connectivity index (χ2v) is 3.16. The van der Waals surface area contributed by atoms with Crippen LogP contribution in [0.1, 0.15) is 47.0 Å². The molecule has 2 rings (SSSR count). The minimum absolute atomic E-state index is 0. The smallest absolute Gasteiger partial charge is 0.0182 e. The Labute approximate surface area is 65.2 Å². The zero-order valence-corrected chi connectivity index (χ0v) is 5.24. The van der Waals surface area contributed by atoms with E-state index in [0.29, 0.717) is 5.54 Å². The van der Waals surface area contributed by atoms with Crippen molar-refractivity contribution in [2.24, 2.45) is 0 Å². The molecule has 2 fully saturated rings. The number of nitrogens with one attached hydrogen (secondary N) is 1. The summed E-state index contributed by atoms with van der Waals surface area (Å²) >= 11 is 0. The van der Waals surface area contributed by atoms with Gasteiger partial charge in [0.05, 0.1) is 0 Å². The van der Waals surface area contributed by atoms with Gasteiger partial charge in [-0.25, -0.2) is 0 Å². The molecule has 0 unspecified atom stereocenters. The molecule has 62 valence electrons. The Balaban J connectivity index is 0.000000405. The molecule has 1 aliphatic heterocycles. The Bertz CT molecular complexity index is 86.9. The minimum atomic E-state index is 0. The summed E-state index contributed by atoms with van der Waals surface area (Å²) in [4.78, 5) is 0. The van der Waals surface area contributed by atoms with Crippen LogP contribution in [0.2, 0.25) is 0 Å². The van der Waals surface area contributed by atoms with Gasteiger partial charge in [0.25, 0.3) is 0 Å². The molecule has 1 heteroatoms. The molecule has 0 bridgehead atoms. The van der Waals surface area contributed by atoms with Gasteiger partial charge in [0.15, 0.2) is 0 Å². The summed E-state index contributed by atoms with van der Waals surface area (Å²) in [5, 5.41) is 3.57. The van der Waals surface area contributed by atoms with E-state index in [4.69, 9.17) is 0 Å². The maximum absolute atomic E-state index is 3.57. The lowest BCUT2D eigenvalue weighted by Crippen LogP contribution is -2.45. The fourth-order valence-electron chi connectivity index (χ4n) is 1.90. The van der Waals surface area contributed by atoms with E-state index in [1.165, 1.54) is 38.6 Å². The summed E-state index contributed by atoms with van der Waals surface area (Å²) < 4.78 is 0. The van der Waals surface area contributed by atoms with Crippen LogP contribution in [-0.2, 0) is 0 Å². The summed E-state index contributed by atoms with van der Waals surface area (Å²) in [5.74, 6) is 0. The Morgan fingerprint density at radius 3 is 1.70 bits per heavy atom. The van der Waals surface area contributed by atoms with Crippen molar-refractivity contribution in [3.63, 3.8) is 0 Å². The van der Waals surface area contributed by atoms with Crippen molar-refractivity contribution in [2.75, 3.05) is 6.54 Å². The minimum Gasteiger partial charge on any atom is -0.311 e. The number of hydrogen-bond acceptors (Lipinski definition) is 1. The highest BCUT2D eigenvalue weighted by Gasteiger charge is 2.38. The van der Waals surface area contributed by atoms with Crippen LogP contribution in [0, 0.1) is 0 Å². The molecular weight excluding hydrogens is 122 g/mol. The highest BCUT2D eigenvalue weighted by atomic mass is 15.0. The van der Waals surface area contributed by atoms with Gasteiger partial charge in [0.1, 0.15) is 0 Å². The summed E-state index contributed by atoms with van der Waals surface area (Å²) in [6, 6.07) is 0. The van der Waals surface area contributed by atoms with Crippen molar-refractivity contribution < 1.29 is 0 Å². The zero-order valence-electron chi connectivity index (χ0n) is 5.24. The highest BCUT2D eigenvalue weighted by Crippen LogP contribution is 2.38. The lowest BCUT2D eigenvalue weighted by Gasteiger charge is -2.38. The van der Waals surface area contributed by atoms with E-state index >= 15 is 0 Å². The van der Waals surface area contributed by atoms with E-state index in [-0.39, 0.29) is 14.9 Å². The van der Waals surface area contributed by atoms with Gasteiger partial charge in [-0.1, -0.05) is 14.9 Å². The molecular formula is C9H21N. The summed E-state index contributed by atoms with van der Waals surface area (Å²) in [7, 11) is 0. The number of hydrogen-bond donors (Lipinski definition) is 1. The predicted molar refractivity (Wildman–Crippen MR) is 47.3 cm³/mol. The van der Waals surface area contributed by atoms with E-state index in [0.717, 1.165) is 0 Å². The second kappa shape index (κ2) is 3.38. The lowest BCUT2D eigenvalue weighted by atomic mass is 9.76. The molecule has 1 heterocycles. The van der Waals surface area contributed by atoms with Gasteiger partial charge in [-0.3, -0.25) is 0 Å². The van der Waals surface area contributed by atoms with Crippen molar-refractivity contribution in [3.8, 4) is 0 Å². The third-order valence-corrected chi connectivity index (χ3v) is 2.64. The first-order chi connectivity index (χ1) is 3.91. The molecule has 1 saturated heterocycles. The average Bonchev–Trinajstić information content (AvgIpc) is 2.07. The maximum Gasteiger partial charge on any atom is 0.0182 e. The Hall–Kier alpha value is -0.0400. The molecule has 1 N–H and O–H groups in total. The fraction of sp³-hybridized carbons (Fsp3) is 1.00. The van der Waals surface area contributed by atoms with Crippen molar-refractivity contribution in [3.05, 3.63) is 0 Å². The van der Waals surface area contributed by atoms with E-state index < -0.39 is 0 Å². The molecule has 0 atom stereocenters. The monoisotopic (exact) mass is 143 g/mol. The Morgan fingerprint density at radius 1 is 0.900 bits per heavy atom. The van der Waals surface area contributed by atoms with Crippen molar-refractivity contribution in [1.29, 1.82) is 0 Å². The van der Waals surface area contributed by atoms with Gasteiger partial charge in [-0.05, 0) is 38.6 Å². The first-order valence-electron chi connectivity index (χ1n) is 3.66. The summed E-state index contributed by atoms with van der Waals surface area (Å²) in [6.45, 7) is 1.28. The fourth-order valence-corrected chi connectivity index (χ4v) is 1.90. The molecule has 1 saturated carbocycles. The molecule has 0 radical (unpaired) electrons. The summed E-state index contributed by atoms with van der Waals surface area (Å²) in [5.41, 5.74) is 0.667. The van der Waals surface area contributed by atoms with E-state index in [1.807, 2.05) is 0 Å². The third-order valence-electron chi connectivity index (χ3n) is 2.64. The molecule has 1 aliphatic carbocycles. The standard InChI is InChI=1S/C7H13N.2CH4/c1-3-7(4-1)5-2-6-8-7;;/h8H,1-6H2;2*1H4. The van der Waals surface area contributed by atoms with E-state index in [2.05, 4.69) is 5.32 Å². The third kappa shape index (κ3) is 1.34.